The van der Waals surface area contributed by atoms with E-state index in [2.05, 4.69) is 59.0 Å². The molecule has 1 N–H and O–H groups in total. The molecule has 1 aliphatic rings. The van der Waals surface area contributed by atoms with Gasteiger partial charge in [-0.2, -0.15) is 0 Å². The second kappa shape index (κ2) is 6.81. The number of aromatic amines is 1. The smallest absolute Gasteiger partial charge is 0.176 e. The molecule has 1 atom stereocenters. The van der Waals surface area contributed by atoms with E-state index < -0.39 is 0 Å². The van der Waals surface area contributed by atoms with Crippen molar-refractivity contribution in [2.75, 3.05) is 18.1 Å². The summed E-state index contributed by atoms with van der Waals surface area (Å²) in [4.78, 5) is 18.7. The minimum Gasteiger partial charge on any atom is -0.491 e. The number of hydrogen-bond acceptors (Lipinski definition) is 5. The number of ether oxygens (including phenoxy) is 1. The van der Waals surface area contributed by atoms with Gasteiger partial charge in [0.25, 0.3) is 0 Å². The van der Waals surface area contributed by atoms with Crippen molar-refractivity contribution >= 4 is 43.7 Å². The van der Waals surface area contributed by atoms with Crippen LogP contribution < -0.4 is 9.64 Å². The van der Waals surface area contributed by atoms with Crippen LogP contribution in [-0.4, -0.2) is 39.1 Å². The number of hydrogen-bond donors (Lipinski definition) is 1. The summed E-state index contributed by atoms with van der Waals surface area (Å²) in [5.41, 5.74) is 1.54. The molecule has 0 unspecified atom stereocenters. The number of benzene rings is 2. The summed E-state index contributed by atoms with van der Waals surface area (Å²) in [5, 5.41) is 2.34. The van der Waals surface area contributed by atoms with E-state index in [-0.39, 0.29) is 6.04 Å². The van der Waals surface area contributed by atoms with E-state index in [1.807, 2.05) is 24.3 Å². The standard InChI is InChI=1S/C20H18BrN5O/c21-20-24-17-18(25-20)22-12-23-19(17)26-10-4-7-14(26)11-27-16-9-3-6-13-5-1-2-8-15(13)16/h1-3,5-6,8-9,12,14H,4,7,10-11H2,(H,22,23,24,25)/t14-/m1/s1. The van der Waals surface area contributed by atoms with Gasteiger partial charge in [0.2, 0.25) is 0 Å². The molecule has 136 valence electrons. The van der Waals surface area contributed by atoms with Crippen molar-refractivity contribution in [3.8, 4) is 5.75 Å². The van der Waals surface area contributed by atoms with Gasteiger partial charge >= 0.3 is 0 Å². The molecule has 0 radical (unpaired) electrons. The molecule has 3 heterocycles. The van der Waals surface area contributed by atoms with E-state index in [1.54, 1.807) is 6.33 Å². The molecule has 5 rings (SSSR count). The van der Waals surface area contributed by atoms with Crippen LogP contribution in [0.5, 0.6) is 5.75 Å². The number of anilines is 1. The fourth-order valence-electron chi connectivity index (χ4n) is 3.79. The highest BCUT2D eigenvalue weighted by molar-refractivity contribution is 9.10. The quantitative estimate of drug-likeness (QED) is 0.495. The van der Waals surface area contributed by atoms with Gasteiger partial charge in [0, 0.05) is 11.9 Å². The fraction of sp³-hybridized carbons (Fsp3) is 0.250. The summed E-state index contributed by atoms with van der Waals surface area (Å²) in [7, 11) is 0. The third-order valence-corrected chi connectivity index (χ3v) is 5.44. The van der Waals surface area contributed by atoms with Crippen molar-refractivity contribution in [1.82, 2.24) is 19.9 Å². The second-order valence-corrected chi connectivity index (χ2v) is 7.45. The van der Waals surface area contributed by atoms with Crippen LogP contribution in [-0.2, 0) is 0 Å². The first kappa shape index (κ1) is 16.5. The maximum absolute atomic E-state index is 6.25. The van der Waals surface area contributed by atoms with Gasteiger partial charge in [0.15, 0.2) is 21.7 Å². The molecule has 0 amide bonds. The molecule has 4 aromatic rings. The van der Waals surface area contributed by atoms with Gasteiger partial charge in [-0.15, -0.1) is 0 Å². The molecule has 0 spiro atoms. The van der Waals surface area contributed by atoms with Crippen molar-refractivity contribution in [1.29, 1.82) is 0 Å². The molecule has 0 bridgehead atoms. The Bertz CT molecular complexity index is 1110. The lowest BCUT2D eigenvalue weighted by Gasteiger charge is -2.26. The van der Waals surface area contributed by atoms with Gasteiger partial charge in [-0.3, -0.25) is 0 Å². The highest BCUT2D eigenvalue weighted by Gasteiger charge is 2.29. The van der Waals surface area contributed by atoms with Gasteiger partial charge < -0.3 is 14.6 Å². The minimum absolute atomic E-state index is 0.262. The number of imidazole rings is 1. The van der Waals surface area contributed by atoms with Crippen LogP contribution in [0.2, 0.25) is 0 Å². The fourth-order valence-corrected chi connectivity index (χ4v) is 4.16. The molecule has 1 fully saturated rings. The Balaban J connectivity index is 1.41. The average Bonchev–Trinajstić information content (AvgIpc) is 3.31. The average molecular weight is 424 g/mol. The van der Waals surface area contributed by atoms with Crippen LogP contribution in [0.15, 0.2) is 53.5 Å². The van der Waals surface area contributed by atoms with Crippen LogP contribution in [0, 0.1) is 0 Å². The third-order valence-electron chi connectivity index (χ3n) is 5.06. The van der Waals surface area contributed by atoms with Crippen LogP contribution in [0.4, 0.5) is 5.82 Å². The molecule has 0 aliphatic carbocycles. The first-order chi connectivity index (χ1) is 13.3. The van der Waals surface area contributed by atoms with Crippen molar-refractivity contribution in [3.63, 3.8) is 0 Å². The lowest BCUT2D eigenvalue weighted by Crippen LogP contribution is -2.35. The molecule has 7 heteroatoms. The second-order valence-electron chi connectivity index (χ2n) is 6.70. The van der Waals surface area contributed by atoms with Gasteiger partial charge in [-0.1, -0.05) is 36.4 Å². The zero-order valence-corrected chi connectivity index (χ0v) is 16.2. The molecule has 1 aliphatic heterocycles. The molecule has 2 aromatic heterocycles. The predicted molar refractivity (Wildman–Crippen MR) is 109 cm³/mol. The Hall–Kier alpha value is -2.67. The molecule has 6 nitrogen and oxygen atoms in total. The monoisotopic (exact) mass is 423 g/mol. The predicted octanol–water partition coefficient (Wildman–Crippen LogP) is 4.32. The Labute approximate surface area is 164 Å². The maximum atomic E-state index is 6.25. The molecule has 0 saturated carbocycles. The number of fused-ring (bicyclic) bond motifs is 2. The lowest BCUT2D eigenvalue weighted by molar-refractivity contribution is 0.291. The highest BCUT2D eigenvalue weighted by Crippen LogP contribution is 2.31. The first-order valence-electron chi connectivity index (χ1n) is 9.03. The Morgan fingerprint density at radius 3 is 3.00 bits per heavy atom. The Kier molecular flexibility index (Phi) is 4.16. The summed E-state index contributed by atoms with van der Waals surface area (Å²) in [6, 6.07) is 14.8. The van der Waals surface area contributed by atoms with Gasteiger partial charge in [0.1, 0.15) is 18.7 Å². The van der Waals surface area contributed by atoms with Gasteiger partial charge in [-0.25, -0.2) is 15.0 Å². The van der Waals surface area contributed by atoms with E-state index in [1.165, 1.54) is 5.39 Å². The normalized spacial score (nSPS) is 17.1. The van der Waals surface area contributed by atoms with Crippen molar-refractivity contribution in [3.05, 3.63) is 53.5 Å². The van der Waals surface area contributed by atoms with Gasteiger partial charge in [-0.05, 0) is 40.2 Å². The first-order valence-corrected chi connectivity index (χ1v) is 9.82. The van der Waals surface area contributed by atoms with Crippen LogP contribution in [0.1, 0.15) is 12.8 Å². The number of aromatic nitrogens is 4. The summed E-state index contributed by atoms with van der Waals surface area (Å²) in [5.74, 6) is 1.79. The number of nitrogens with zero attached hydrogens (tertiary/aromatic N) is 4. The van der Waals surface area contributed by atoms with Crippen LogP contribution in [0.3, 0.4) is 0 Å². The summed E-state index contributed by atoms with van der Waals surface area (Å²) >= 11 is 3.39. The van der Waals surface area contributed by atoms with E-state index in [9.17, 15) is 0 Å². The summed E-state index contributed by atoms with van der Waals surface area (Å²) < 4.78 is 6.92. The van der Waals surface area contributed by atoms with E-state index in [0.717, 1.165) is 47.5 Å². The Morgan fingerprint density at radius 2 is 2.04 bits per heavy atom. The lowest BCUT2D eigenvalue weighted by atomic mass is 10.1. The van der Waals surface area contributed by atoms with Crippen molar-refractivity contribution in [2.24, 2.45) is 0 Å². The topological polar surface area (TPSA) is 66.9 Å². The van der Waals surface area contributed by atoms with Gasteiger partial charge in [0.05, 0.1) is 6.04 Å². The largest absolute Gasteiger partial charge is 0.491 e. The maximum Gasteiger partial charge on any atom is 0.176 e. The molecule has 27 heavy (non-hydrogen) atoms. The third kappa shape index (κ3) is 3.02. The summed E-state index contributed by atoms with van der Waals surface area (Å²) in [6.45, 7) is 1.56. The number of H-pyrrole nitrogens is 1. The highest BCUT2D eigenvalue weighted by atomic mass is 79.9. The van der Waals surface area contributed by atoms with E-state index >= 15 is 0 Å². The zero-order valence-electron chi connectivity index (χ0n) is 14.6. The number of nitrogens with one attached hydrogen (secondary N) is 1. The van der Waals surface area contributed by atoms with E-state index in [4.69, 9.17) is 4.74 Å². The van der Waals surface area contributed by atoms with Crippen LogP contribution >= 0.6 is 15.9 Å². The Morgan fingerprint density at radius 1 is 1.15 bits per heavy atom. The summed E-state index contributed by atoms with van der Waals surface area (Å²) in [6.07, 6.45) is 3.77. The van der Waals surface area contributed by atoms with Crippen molar-refractivity contribution in [2.45, 2.75) is 18.9 Å². The minimum atomic E-state index is 0.262. The van der Waals surface area contributed by atoms with E-state index in [0.29, 0.717) is 11.3 Å². The molecule has 1 saturated heterocycles. The molecule has 2 aromatic carbocycles. The van der Waals surface area contributed by atoms with Crippen molar-refractivity contribution < 1.29 is 4.74 Å². The SMILES string of the molecule is Brc1nc2c(N3CCC[C@@H]3COc3cccc4ccccc34)ncnc2[nH]1. The van der Waals surface area contributed by atoms with Crippen LogP contribution in [0.25, 0.3) is 21.9 Å². The zero-order chi connectivity index (χ0) is 18.2. The number of rotatable bonds is 4. The molecular formula is C20H18BrN5O. The molecular weight excluding hydrogens is 406 g/mol. The number of halogens is 1.